The first-order valence-electron chi connectivity index (χ1n) is 4.35. The van der Waals surface area contributed by atoms with E-state index in [4.69, 9.17) is 10.2 Å². The molecule has 1 aliphatic heterocycles. The van der Waals surface area contributed by atoms with Gasteiger partial charge < -0.3 is 10.2 Å². The number of imide groups is 1. The van der Waals surface area contributed by atoms with Crippen molar-refractivity contribution in [2.75, 3.05) is 0 Å². The van der Waals surface area contributed by atoms with E-state index in [1.54, 1.807) is 0 Å². The van der Waals surface area contributed by atoms with Gasteiger partial charge in [-0.15, -0.1) is 0 Å². The molecule has 0 bridgehead atoms. The van der Waals surface area contributed by atoms with E-state index in [1.807, 2.05) is 0 Å². The Kier molecular flexibility index (Phi) is 3.07. The van der Waals surface area contributed by atoms with Crippen LogP contribution in [0.3, 0.4) is 0 Å². The lowest BCUT2D eigenvalue weighted by atomic mass is 10.2. The largest absolute Gasteiger partial charge is 0.481 e. The zero-order valence-corrected chi connectivity index (χ0v) is 8.34. The van der Waals surface area contributed by atoms with Crippen molar-refractivity contribution in [2.45, 2.75) is 19.4 Å². The van der Waals surface area contributed by atoms with Crippen LogP contribution in [0.15, 0.2) is 11.6 Å². The lowest BCUT2D eigenvalue weighted by Crippen LogP contribution is -2.46. The predicted molar refractivity (Wildman–Crippen MR) is 49.3 cm³/mol. The van der Waals surface area contributed by atoms with Crippen LogP contribution in [0.5, 0.6) is 0 Å². The fourth-order valence-corrected chi connectivity index (χ4v) is 1.36. The van der Waals surface area contributed by atoms with Crippen molar-refractivity contribution in [1.29, 1.82) is 0 Å². The topological polar surface area (TPSA) is 112 Å². The highest BCUT2D eigenvalue weighted by atomic mass is 16.4. The summed E-state index contributed by atoms with van der Waals surface area (Å²) >= 11 is 0. The molecule has 0 aromatic rings. The van der Waals surface area contributed by atoms with Crippen LogP contribution in [-0.2, 0) is 19.2 Å². The van der Waals surface area contributed by atoms with Gasteiger partial charge in [-0.05, 0) is 6.92 Å². The van der Waals surface area contributed by atoms with Gasteiger partial charge in [0.05, 0.1) is 6.42 Å². The Hall–Kier alpha value is -2.18. The Morgan fingerprint density at radius 3 is 2.25 bits per heavy atom. The summed E-state index contributed by atoms with van der Waals surface area (Å²) in [4.78, 5) is 44.4. The van der Waals surface area contributed by atoms with Gasteiger partial charge in [-0.3, -0.25) is 19.3 Å². The molecule has 1 unspecified atom stereocenters. The Morgan fingerprint density at radius 1 is 1.38 bits per heavy atom. The van der Waals surface area contributed by atoms with Crippen LogP contribution in [0.4, 0.5) is 0 Å². The molecule has 1 rings (SSSR count). The van der Waals surface area contributed by atoms with Crippen molar-refractivity contribution in [1.82, 2.24) is 4.90 Å². The summed E-state index contributed by atoms with van der Waals surface area (Å²) in [5, 5.41) is 17.3. The van der Waals surface area contributed by atoms with Crippen molar-refractivity contribution in [2.24, 2.45) is 0 Å². The van der Waals surface area contributed by atoms with Crippen LogP contribution in [0.25, 0.3) is 0 Å². The molecule has 0 radical (unpaired) electrons. The average molecular weight is 227 g/mol. The maximum atomic E-state index is 11.4. The zero-order valence-electron chi connectivity index (χ0n) is 8.34. The van der Waals surface area contributed by atoms with Gasteiger partial charge in [0.15, 0.2) is 0 Å². The molecule has 0 aromatic heterocycles. The van der Waals surface area contributed by atoms with E-state index in [2.05, 4.69) is 0 Å². The van der Waals surface area contributed by atoms with Gasteiger partial charge in [-0.2, -0.15) is 0 Å². The van der Waals surface area contributed by atoms with Crippen LogP contribution in [0, 0.1) is 0 Å². The van der Waals surface area contributed by atoms with E-state index < -0.39 is 36.2 Å². The summed E-state index contributed by atoms with van der Waals surface area (Å²) < 4.78 is 0. The molecule has 1 aliphatic rings. The predicted octanol–water partition coefficient (Wildman–Crippen LogP) is -0.771. The van der Waals surface area contributed by atoms with E-state index in [9.17, 15) is 19.2 Å². The minimum absolute atomic E-state index is 0.0987. The number of carboxylic acids is 2. The molecule has 0 saturated carbocycles. The Bertz CT molecular complexity index is 410. The first-order valence-corrected chi connectivity index (χ1v) is 4.35. The molecule has 0 spiro atoms. The monoisotopic (exact) mass is 227 g/mol. The van der Waals surface area contributed by atoms with Crippen molar-refractivity contribution in [3.05, 3.63) is 11.6 Å². The second-order valence-electron chi connectivity index (χ2n) is 3.29. The average Bonchev–Trinajstić information content (AvgIpc) is 2.38. The number of rotatable bonds is 4. The molecule has 7 nitrogen and oxygen atoms in total. The maximum Gasteiger partial charge on any atom is 0.327 e. The van der Waals surface area contributed by atoms with E-state index >= 15 is 0 Å². The third-order valence-corrected chi connectivity index (χ3v) is 2.10. The number of carbonyl (C=O) groups excluding carboxylic acids is 2. The van der Waals surface area contributed by atoms with Crippen LogP contribution in [0.2, 0.25) is 0 Å². The highest BCUT2D eigenvalue weighted by Gasteiger charge is 2.39. The molecule has 7 heteroatoms. The van der Waals surface area contributed by atoms with E-state index in [0.29, 0.717) is 4.90 Å². The summed E-state index contributed by atoms with van der Waals surface area (Å²) in [6, 6.07) is -1.66. The second-order valence-corrected chi connectivity index (χ2v) is 3.29. The fraction of sp³-hybridized carbons (Fsp3) is 0.333. The molecule has 0 fully saturated rings. The number of hydrogen-bond donors (Lipinski definition) is 2. The highest BCUT2D eigenvalue weighted by molar-refractivity contribution is 6.17. The van der Waals surface area contributed by atoms with Crippen molar-refractivity contribution >= 4 is 23.8 Å². The number of aliphatic carboxylic acids is 2. The molecule has 16 heavy (non-hydrogen) atoms. The lowest BCUT2D eigenvalue weighted by molar-refractivity contribution is -0.156. The quantitative estimate of drug-likeness (QED) is 0.610. The Balaban J connectivity index is 2.97. The number of nitrogens with zero attached hydrogens (tertiary/aromatic N) is 1. The summed E-state index contributed by atoms with van der Waals surface area (Å²) in [6.07, 6.45) is 0.175. The number of hydrogen-bond acceptors (Lipinski definition) is 4. The summed E-state index contributed by atoms with van der Waals surface area (Å²) in [5.41, 5.74) is 0.0987. The van der Waals surface area contributed by atoms with Gasteiger partial charge in [0.2, 0.25) is 0 Å². The number of carbonyl (C=O) groups is 4. The van der Waals surface area contributed by atoms with Gasteiger partial charge >= 0.3 is 11.9 Å². The molecule has 0 aliphatic carbocycles. The standard InChI is InChI=1S/C9H9NO6/c1-4-2-6(11)10(8(4)14)5(9(15)16)3-7(12)13/h2,5H,3H2,1H3,(H,12,13)(H,15,16). The molecule has 0 saturated heterocycles. The van der Waals surface area contributed by atoms with E-state index in [0.717, 1.165) is 6.08 Å². The lowest BCUT2D eigenvalue weighted by Gasteiger charge is -2.21. The van der Waals surface area contributed by atoms with Crippen LogP contribution >= 0.6 is 0 Å². The van der Waals surface area contributed by atoms with Crippen molar-refractivity contribution in [3.8, 4) is 0 Å². The summed E-state index contributed by atoms with van der Waals surface area (Å²) in [6.45, 7) is 1.36. The fourth-order valence-electron chi connectivity index (χ4n) is 1.36. The summed E-state index contributed by atoms with van der Waals surface area (Å²) in [5.74, 6) is -4.47. The van der Waals surface area contributed by atoms with Gasteiger partial charge in [0.1, 0.15) is 6.04 Å². The van der Waals surface area contributed by atoms with Gasteiger partial charge in [-0.25, -0.2) is 4.79 Å². The van der Waals surface area contributed by atoms with Gasteiger partial charge in [-0.1, -0.05) is 0 Å². The highest BCUT2D eigenvalue weighted by Crippen LogP contribution is 2.17. The molecule has 1 atom stereocenters. The summed E-state index contributed by atoms with van der Waals surface area (Å²) in [7, 11) is 0. The van der Waals surface area contributed by atoms with E-state index in [-0.39, 0.29) is 5.57 Å². The minimum atomic E-state index is -1.66. The first-order chi connectivity index (χ1) is 7.34. The van der Waals surface area contributed by atoms with Gasteiger partial charge in [0, 0.05) is 11.6 Å². The van der Waals surface area contributed by atoms with Crippen molar-refractivity contribution in [3.63, 3.8) is 0 Å². The first kappa shape index (κ1) is 11.9. The third kappa shape index (κ3) is 2.08. The number of amides is 2. The molecule has 2 amide bonds. The zero-order chi connectivity index (χ0) is 12.5. The minimum Gasteiger partial charge on any atom is -0.481 e. The molecule has 86 valence electrons. The van der Waals surface area contributed by atoms with Crippen LogP contribution in [-0.4, -0.2) is 44.9 Å². The molecular formula is C9H9NO6. The molecule has 0 aromatic carbocycles. The number of carboxylic acid groups (broad SMARTS) is 2. The smallest absolute Gasteiger partial charge is 0.327 e. The second kappa shape index (κ2) is 4.13. The Morgan fingerprint density at radius 2 is 1.94 bits per heavy atom. The van der Waals surface area contributed by atoms with Crippen molar-refractivity contribution < 1.29 is 29.4 Å². The van der Waals surface area contributed by atoms with Crippen LogP contribution < -0.4 is 0 Å². The normalized spacial score (nSPS) is 17.3. The molecule has 1 heterocycles. The molecular weight excluding hydrogens is 218 g/mol. The third-order valence-electron chi connectivity index (χ3n) is 2.10. The SMILES string of the molecule is CC1=CC(=O)N(C(CC(=O)O)C(=O)O)C1=O. The maximum absolute atomic E-state index is 11.4. The van der Waals surface area contributed by atoms with Gasteiger partial charge in [0.25, 0.3) is 11.8 Å². The molecule has 2 N–H and O–H groups in total. The van der Waals surface area contributed by atoms with E-state index in [1.165, 1.54) is 6.92 Å². The van der Waals surface area contributed by atoms with Crippen LogP contribution in [0.1, 0.15) is 13.3 Å². The Labute approximate surface area is 90.0 Å².